The summed E-state index contributed by atoms with van der Waals surface area (Å²) in [6, 6.07) is 7.49. The Morgan fingerprint density at radius 1 is 1.27 bits per heavy atom. The van der Waals surface area contributed by atoms with E-state index in [4.69, 9.17) is 4.74 Å². The van der Waals surface area contributed by atoms with Crippen LogP contribution in [-0.4, -0.2) is 12.2 Å². The second kappa shape index (κ2) is 3.74. The lowest BCUT2D eigenvalue weighted by atomic mass is 10.1. The summed E-state index contributed by atoms with van der Waals surface area (Å²) >= 11 is 3.42. The highest BCUT2D eigenvalue weighted by atomic mass is 79.9. The number of halogens is 1. The molecule has 0 heterocycles. The average molecular weight is 267 g/mol. The Morgan fingerprint density at radius 3 is 2.67 bits per heavy atom. The second-order valence-corrected chi connectivity index (χ2v) is 4.31. The van der Waals surface area contributed by atoms with Crippen LogP contribution in [-0.2, 0) is 0 Å². The molecule has 0 bridgehead atoms. The van der Waals surface area contributed by atoms with E-state index < -0.39 is 0 Å². The zero-order valence-corrected chi connectivity index (χ0v) is 10.1. The monoisotopic (exact) mass is 266 g/mol. The number of phenols is 1. The van der Waals surface area contributed by atoms with Crippen molar-refractivity contribution >= 4 is 26.7 Å². The minimum absolute atomic E-state index is 0.274. The quantitative estimate of drug-likeness (QED) is 0.855. The van der Waals surface area contributed by atoms with E-state index in [1.54, 1.807) is 13.2 Å². The fourth-order valence-electron chi connectivity index (χ4n) is 1.71. The van der Waals surface area contributed by atoms with E-state index in [9.17, 15) is 5.11 Å². The molecule has 2 aromatic rings. The number of fused-ring (bicyclic) bond motifs is 1. The highest BCUT2D eigenvalue weighted by Gasteiger charge is 2.09. The normalized spacial score (nSPS) is 10.6. The number of hydrogen-bond acceptors (Lipinski definition) is 2. The molecular weight excluding hydrogens is 256 g/mol. The van der Waals surface area contributed by atoms with Gasteiger partial charge in [0, 0.05) is 15.2 Å². The summed E-state index contributed by atoms with van der Waals surface area (Å²) in [5.74, 6) is 1.04. The van der Waals surface area contributed by atoms with Crippen LogP contribution in [0.1, 0.15) is 5.56 Å². The maximum Gasteiger partial charge on any atom is 0.126 e. The van der Waals surface area contributed by atoms with Crippen LogP contribution in [0.4, 0.5) is 0 Å². The van der Waals surface area contributed by atoms with Crippen LogP contribution in [0.5, 0.6) is 11.5 Å². The number of aryl methyl sites for hydroxylation is 1. The van der Waals surface area contributed by atoms with E-state index in [1.165, 1.54) is 0 Å². The van der Waals surface area contributed by atoms with Gasteiger partial charge in [-0.25, -0.2) is 0 Å². The summed E-state index contributed by atoms with van der Waals surface area (Å²) in [5, 5.41) is 11.6. The first-order valence-electron chi connectivity index (χ1n) is 4.59. The van der Waals surface area contributed by atoms with Crippen LogP contribution in [0.25, 0.3) is 10.8 Å². The maximum atomic E-state index is 9.87. The van der Waals surface area contributed by atoms with Crippen LogP contribution in [0.15, 0.2) is 28.7 Å². The summed E-state index contributed by atoms with van der Waals surface area (Å²) in [4.78, 5) is 0. The summed E-state index contributed by atoms with van der Waals surface area (Å²) in [5.41, 5.74) is 1.01. The number of hydrogen-bond donors (Lipinski definition) is 1. The Labute approximate surface area is 96.6 Å². The van der Waals surface area contributed by atoms with Gasteiger partial charge >= 0.3 is 0 Å². The van der Waals surface area contributed by atoms with E-state index in [2.05, 4.69) is 15.9 Å². The summed E-state index contributed by atoms with van der Waals surface area (Å²) in [6.45, 7) is 1.94. The van der Waals surface area contributed by atoms with Crippen LogP contribution in [0.3, 0.4) is 0 Å². The summed E-state index contributed by atoms with van der Waals surface area (Å²) in [6.07, 6.45) is 0. The van der Waals surface area contributed by atoms with Crippen molar-refractivity contribution < 1.29 is 9.84 Å². The molecule has 78 valence electrons. The highest BCUT2D eigenvalue weighted by molar-refractivity contribution is 9.10. The first kappa shape index (κ1) is 10.3. The Morgan fingerprint density at radius 2 is 2.00 bits per heavy atom. The van der Waals surface area contributed by atoms with Crippen LogP contribution < -0.4 is 4.74 Å². The molecule has 0 saturated carbocycles. The predicted molar refractivity (Wildman–Crippen MR) is 64.6 cm³/mol. The van der Waals surface area contributed by atoms with Gasteiger partial charge in [0.05, 0.1) is 7.11 Å². The third kappa shape index (κ3) is 1.67. The Balaban J connectivity index is 2.93. The molecule has 0 amide bonds. The van der Waals surface area contributed by atoms with E-state index in [1.807, 2.05) is 25.1 Å². The molecule has 0 atom stereocenters. The van der Waals surface area contributed by atoms with Gasteiger partial charge in [0.1, 0.15) is 11.5 Å². The van der Waals surface area contributed by atoms with E-state index in [-0.39, 0.29) is 5.75 Å². The SMILES string of the molecule is COc1ccc(Br)c2c(O)cc(C)cc12. The molecule has 0 aromatic heterocycles. The molecule has 2 aromatic carbocycles. The van der Waals surface area contributed by atoms with Gasteiger partial charge < -0.3 is 9.84 Å². The van der Waals surface area contributed by atoms with Crippen molar-refractivity contribution in [2.24, 2.45) is 0 Å². The van der Waals surface area contributed by atoms with E-state index in [0.717, 1.165) is 26.6 Å². The molecule has 0 aliphatic heterocycles. The average Bonchev–Trinajstić information content (AvgIpc) is 2.17. The third-order valence-electron chi connectivity index (χ3n) is 2.37. The predicted octanol–water partition coefficient (Wildman–Crippen LogP) is 3.62. The maximum absolute atomic E-state index is 9.87. The number of benzene rings is 2. The minimum Gasteiger partial charge on any atom is -0.507 e. The van der Waals surface area contributed by atoms with Gasteiger partial charge in [-0.3, -0.25) is 0 Å². The molecular formula is C12H11BrO2. The molecule has 0 aliphatic carbocycles. The molecule has 0 saturated heterocycles. The molecule has 0 unspecified atom stereocenters. The van der Waals surface area contributed by atoms with Gasteiger partial charge in [-0.15, -0.1) is 0 Å². The van der Waals surface area contributed by atoms with Crippen molar-refractivity contribution in [1.82, 2.24) is 0 Å². The molecule has 1 N–H and O–H groups in total. The Bertz CT molecular complexity index is 521. The standard InChI is InChI=1S/C12H11BrO2/c1-7-5-8-11(15-2)4-3-9(13)12(8)10(14)6-7/h3-6,14H,1-2H3. The van der Waals surface area contributed by atoms with Crippen LogP contribution in [0, 0.1) is 6.92 Å². The zero-order chi connectivity index (χ0) is 11.0. The first-order chi connectivity index (χ1) is 7.13. The van der Waals surface area contributed by atoms with E-state index >= 15 is 0 Å². The van der Waals surface area contributed by atoms with Gasteiger partial charge in [0.25, 0.3) is 0 Å². The molecule has 0 spiro atoms. The molecule has 2 rings (SSSR count). The van der Waals surface area contributed by atoms with Crippen molar-refractivity contribution in [2.75, 3.05) is 7.11 Å². The number of rotatable bonds is 1. The Kier molecular flexibility index (Phi) is 2.57. The molecule has 2 nitrogen and oxygen atoms in total. The fourth-order valence-corrected chi connectivity index (χ4v) is 2.26. The number of methoxy groups -OCH3 is 1. The second-order valence-electron chi connectivity index (χ2n) is 3.46. The smallest absolute Gasteiger partial charge is 0.126 e. The fraction of sp³-hybridized carbons (Fsp3) is 0.167. The molecule has 0 fully saturated rings. The number of ether oxygens (including phenoxy) is 1. The molecule has 3 heteroatoms. The van der Waals surface area contributed by atoms with Gasteiger partial charge in [0.2, 0.25) is 0 Å². The largest absolute Gasteiger partial charge is 0.507 e. The highest BCUT2D eigenvalue weighted by Crippen LogP contribution is 2.37. The minimum atomic E-state index is 0.274. The Hall–Kier alpha value is -1.22. The molecule has 15 heavy (non-hydrogen) atoms. The van der Waals surface area contributed by atoms with Gasteiger partial charge in [-0.2, -0.15) is 0 Å². The molecule has 0 aliphatic rings. The lowest BCUT2D eigenvalue weighted by Crippen LogP contribution is -1.87. The van der Waals surface area contributed by atoms with Crippen molar-refractivity contribution in [3.05, 3.63) is 34.3 Å². The van der Waals surface area contributed by atoms with E-state index in [0.29, 0.717) is 0 Å². The lowest BCUT2D eigenvalue weighted by Gasteiger charge is -2.09. The third-order valence-corrected chi connectivity index (χ3v) is 3.03. The molecule has 0 radical (unpaired) electrons. The zero-order valence-electron chi connectivity index (χ0n) is 8.54. The summed E-state index contributed by atoms with van der Waals surface area (Å²) in [7, 11) is 1.63. The van der Waals surface area contributed by atoms with Gasteiger partial charge in [0.15, 0.2) is 0 Å². The van der Waals surface area contributed by atoms with Crippen molar-refractivity contribution in [1.29, 1.82) is 0 Å². The lowest BCUT2D eigenvalue weighted by molar-refractivity contribution is 0.419. The van der Waals surface area contributed by atoms with Crippen molar-refractivity contribution in [2.45, 2.75) is 6.92 Å². The van der Waals surface area contributed by atoms with Crippen LogP contribution >= 0.6 is 15.9 Å². The van der Waals surface area contributed by atoms with Crippen molar-refractivity contribution in [3.8, 4) is 11.5 Å². The van der Waals surface area contributed by atoms with Gasteiger partial charge in [-0.05, 0) is 36.8 Å². The van der Waals surface area contributed by atoms with Crippen LogP contribution in [0.2, 0.25) is 0 Å². The first-order valence-corrected chi connectivity index (χ1v) is 5.38. The van der Waals surface area contributed by atoms with Crippen molar-refractivity contribution in [3.63, 3.8) is 0 Å². The number of aromatic hydroxyl groups is 1. The number of phenolic OH excluding ortho intramolecular Hbond substituents is 1. The van der Waals surface area contributed by atoms with Gasteiger partial charge in [-0.1, -0.05) is 15.9 Å². The topological polar surface area (TPSA) is 29.5 Å². The summed E-state index contributed by atoms with van der Waals surface area (Å²) < 4.78 is 6.13.